The lowest BCUT2D eigenvalue weighted by atomic mass is 9.94. The fourth-order valence-corrected chi connectivity index (χ4v) is 3.79. The van der Waals surface area contributed by atoms with E-state index in [1.54, 1.807) is 7.11 Å². The first-order valence-electron chi connectivity index (χ1n) is 7.24. The molecule has 0 spiro atoms. The average molecular weight is 303 g/mol. The molecule has 4 nitrogen and oxygen atoms in total. The van der Waals surface area contributed by atoms with Crippen LogP contribution >= 0.6 is 11.5 Å². The molecule has 1 aliphatic rings. The van der Waals surface area contributed by atoms with Crippen LogP contribution in [0.3, 0.4) is 0 Å². The molecule has 0 bridgehead atoms. The molecule has 1 aromatic heterocycles. The fraction of sp³-hybridized carbons (Fsp3) is 0.438. The van der Waals surface area contributed by atoms with Crippen molar-refractivity contribution in [2.75, 3.05) is 30.8 Å². The molecule has 1 fully saturated rings. The number of nitrogens with two attached hydrogens (primary N) is 1. The summed E-state index contributed by atoms with van der Waals surface area (Å²) >= 11 is 1.48. The molecule has 112 valence electrons. The van der Waals surface area contributed by atoms with Gasteiger partial charge in [-0.1, -0.05) is 30.3 Å². The number of nitrogens with zero attached hydrogens (tertiary/aromatic N) is 2. The Hall–Kier alpha value is -1.59. The van der Waals surface area contributed by atoms with E-state index in [0.717, 1.165) is 42.1 Å². The number of ether oxygens (including phenoxy) is 1. The minimum Gasteiger partial charge on any atom is -0.382 e. The lowest BCUT2D eigenvalue weighted by Gasteiger charge is -2.40. The van der Waals surface area contributed by atoms with E-state index < -0.39 is 0 Å². The highest BCUT2D eigenvalue weighted by molar-refractivity contribution is 7.11. The Labute approximate surface area is 129 Å². The van der Waals surface area contributed by atoms with E-state index in [1.807, 2.05) is 18.2 Å². The minimum absolute atomic E-state index is 0.0923. The van der Waals surface area contributed by atoms with Crippen molar-refractivity contribution in [1.82, 2.24) is 4.37 Å². The lowest BCUT2D eigenvalue weighted by molar-refractivity contribution is -0.00449. The Bertz CT molecular complexity index is 613. The zero-order chi connectivity index (χ0) is 14.9. The van der Waals surface area contributed by atoms with E-state index >= 15 is 0 Å². The number of hydrogen-bond donors (Lipinski definition) is 1. The molecule has 0 saturated carbocycles. The second kappa shape index (κ2) is 5.66. The van der Waals surface area contributed by atoms with Crippen molar-refractivity contribution in [2.45, 2.75) is 25.4 Å². The average Bonchev–Trinajstić information content (AvgIpc) is 2.90. The Morgan fingerprint density at radius 1 is 1.33 bits per heavy atom. The zero-order valence-electron chi connectivity index (χ0n) is 12.5. The number of rotatable bonds is 3. The lowest BCUT2D eigenvalue weighted by Crippen LogP contribution is -2.47. The van der Waals surface area contributed by atoms with Gasteiger partial charge in [0.2, 0.25) is 0 Å². The van der Waals surface area contributed by atoms with Crippen LogP contribution in [0.2, 0.25) is 0 Å². The van der Waals surface area contributed by atoms with Gasteiger partial charge in [0.1, 0.15) is 10.8 Å². The van der Waals surface area contributed by atoms with E-state index in [4.69, 9.17) is 10.5 Å². The molecule has 0 radical (unpaired) electrons. The van der Waals surface area contributed by atoms with Crippen LogP contribution in [-0.4, -0.2) is 30.2 Å². The third kappa shape index (κ3) is 2.76. The van der Waals surface area contributed by atoms with Gasteiger partial charge in [0.05, 0.1) is 11.2 Å². The van der Waals surface area contributed by atoms with Crippen LogP contribution in [0.5, 0.6) is 0 Å². The largest absolute Gasteiger partial charge is 0.382 e. The van der Waals surface area contributed by atoms with Crippen LogP contribution in [0.4, 0.5) is 10.8 Å². The number of methoxy groups -OCH3 is 1. The predicted octanol–water partition coefficient (Wildman–Crippen LogP) is 3.40. The SMILES string of the molecule is COC1(C)CCCN(c2snc(N)c2-c2ccccc2)C1. The highest BCUT2D eigenvalue weighted by atomic mass is 32.1. The molecular formula is C16H21N3OS. The van der Waals surface area contributed by atoms with E-state index in [0.29, 0.717) is 5.82 Å². The van der Waals surface area contributed by atoms with Crippen molar-refractivity contribution in [3.05, 3.63) is 30.3 Å². The molecule has 0 aliphatic carbocycles. The van der Waals surface area contributed by atoms with Crippen molar-refractivity contribution in [3.63, 3.8) is 0 Å². The Balaban J connectivity index is 1.97. The Morgan fingerprint density at radius 3 is 2.81 bits per heavy atom. The van der Waals surface area contributed by atoms with Crippen molar-refractivity contribution in [1.29, 1.82) is 0 Å². The van der Waals surface area contributed by atoms with Crippen LogP contribution in [0.15, 0.2) is 30.3 Å². The standard InChI is InChI=1S/C16H21N3OS/c1-16(20-2)9-6-10-19(11-16)15-13(14(17)18-21-15)12-7-4-3-5-8-12/h3-5,7-8H,6,9-11H2,1-2H3,(H2,17,18). The summed E-state index contributed by atoms with van der Waals surface area (Å²) in [5.74, 6) is 0.617. The van der Waals surface area contributed by atoms with Gasteiger partial charge in [0, 0.05) is 20.2 Å². The first kappa shape index (κ1) is 14.4. The quantitative estimate of drug-likeness (QED) is 0.944. The molecule has 2 N–H and O–H groups in total. The smallest absolute Gasteiger partial charge is 0.147 e. The van der Waals surface area contributed by atoms with Crippen LogP contribution in [0, 0.1) is 0 Å². The summed E-state index contributed by atoms with van der Waals surface area (Å²) in [4.78, 5) is 2.36. The molecule has 1 aromatic carbocycles. The van der Waals surface area contributed by atoms with E-state index in [9.17, 15) is 0 Å². The topological polar surface area (TPSA) is 51.4 Å². The fourth-order valence-electron chi connectivity index (χ4n) is 2.93. The van der Waals surface area contributed by atoms with Crippen LogP contribution in [0.1, 0.15) is 19.8 Å². The van der Waals surface area contributed by atoms with Gasteiger partial charge in [0.25, 0.3) is 0 Å². The molecule has 1 atom stereocenters. The Morgan fingerprint density at radius 2 is 2.10 bits per heavy atom. The first-order valence-corrected chi connectivity index (χ1v) is 8.01. The number of hydrogen-bond acceptors (Lipinski definition) is 5. The maximum atomic E-state index is 6.12. The second-order valence-corrected chi connectivity index (χ2v) is 6.54. The van der Waals surface area contributed by atoms with Gasteiger partial charge in [-0.15, -0.1) is 0 Å². The third-order valence-electron chi connectivity index (χ3n) is 4.20. The maximum absolute atomic E-state index is 6.12. The second-order valence-electron chi connectivity index (χ2n) is 5.79. The number of aromatic nitrogens is 1. The number of piperidine rings is 1. The normalized spacial score (nSPS) is 22.5. The highest BCUT2D eigenvalue weighted by Gasteiger charge is 2.33. The van der Waals surface area contributed by atoms with Crippen molar-refractivity contribution in [2.24, 2.45) is 0 Å². The molecule has 5 heteroatoms. The summed E-state index contributed by atoms with van der Waals surface area (Å²) < 4.78 is 10.1. The molecule has 1 saturated heterocycles. The van der Waals surface area contributed by atoms with Gasteiger partial charge in [-0.05, 0) is 36.9 Å². The van der Waals surface area contributed by atoms with Gasteiger partial charge in [0.15, 0.2) is 0 Å². The number of benzene rings is 1. The Kier molecular flexibility index (Phi) is 3.87. The van der Waals surface area contributed by atoms with Crippen LogP contribution in [-0.2, 0) is 4.74 Å². The van der Waals surface area contributed by atoms with E-state index in [-0.39, 0.29) is 5.60 Å². The molecule has 2 aromatic rings. The van der Waals surface area contributed by atoms with Gasteiger partial charge in [-0.2, -0.15) is 4.37 Å². The zero-order valence-corrected chi connectivity index (χ0v) is 13.3. The predicted molar refractivity (Wildman–Crippen MR) is 88.8 cm³/mol. The first-order chi connectivity index (χ1) is 10.1. The van der Waals surface area contributed by atoms with Gasteiger partial charge in [-0.3, -0.25) is 0 Å². The monoisotopic (exact) mass is 303 g/mol. The van der Waals surface area contributed by atoms with Gasteiger partial charge < -0.3 is 15.4 Å². The summed E-state index contributed by atoms with van der Waals surface area (Å²) in [6.07, 6.45) is 2.21. The summed E-state index contributed by atoms with van der Waals surface area (Å²) in [5.41, 5.74) is 8.21. The number of nitrogen functional groups attached to an aromatic ring is 1. The van der Waals surface area contributed by atoms with Crippen molar-refractivity contribution >= 4 is 22.4 Å². The molecule has 21 heavy (non-hydrogen) atoms. The summed E-state index contributed by atoms with van der Waals surface area (Å²) in [6, 6.07) is 10.3. The highest BCUT2D eigenvalue weighted by Crippen LogP contribution is 2.41. The van der Waals surface area contributed by atoms with Crippen LogP contribution < -0.4 is 10.6 Å². The third-order valence-corrected chi connectivity index (χ3v) is 5.13. The van der Waals surface area contributed by atoms with E-state index in [2.05, 4.69) is 28.3 Å². The molecular weight excluding hydrogens is 282 g/mol. The van der Waals surface area contributed by atoms with Crippen LogP contribution in [0.25, 0.3) is 11.1 Å². The maximum Gasteiger partial charge on any atom is 0.147 e. The van der Waals surface area contributed by atoms with Gasteiger partial charge in [-0.25, -0.2) is 0 Å². The molecule has 2 heterocycles. The summed E-state index contributed by atoms with van der Waals surface area (Å²) in [7, 11) is 1.79. The van der Waals surface area contributed by atoms with E-state index in [1.165, 1.54) is 11.5 Å². The van der Waals surface area contributed by atoms with Crippen molar-refractivity contribution < 1.29 is 4.74 Å². The number of anilines is 2. The van der Waals surface area contributed by atoms with Gasteiger partial charge >= 0.3 is 0 Å². The molecule has 3 rings (SSSR count). The van der Waals surface area contributed by atoms with Crippen molar-refractivity contribution in [3.8, 4) is 11.1 Å². The molecule has 1 aliphatic heterocycles. The molecule has 0 amide bonds. The summed E-state index contributed by atoms with van der Waals surface area (Å²) in [5, 5.41) is 1.15. The molecule has 1 unspecified atom stereocenters. The summed E-state index contributed by atoms with van der Waals surface area (Å²) in [6.45, 7) is 4.08. The minimum atomic E-state index is -0.0923.